The first-order valence-corrected chi connectivity index (χ1v) is 7.33. The molecule has 4 heteroatoms. The average molecular weight is 318 g/mol. The SMILES string of the molecule is O=C(c1ccc(C(=O)c2ccccc2O)cc1)c1ccccc1O. The number of ketones is 2. The highest BCUT2D eigenvalue weighted by Crippen LogP contribution is 2.22. The number of hydrogen-bond donors (Lipinski definition) is 2. The van der Waals surface area contributed by atoms with Gasteiger partial charge in [0.05, 0.1) is 11.1 Å². The smallest absolute Gasteiger partial charge is 0.196 e. The molecule has 0 aliphatic rings. The van der Waals surface area contributed by atoms with Gasteiger partial charge in [0.25, 0.3) is 0 Å². The quantitative estimate of drug-likeness (QED) is 0.721. The number of hydrogen-bond acceptors (Lipinski definition) is 4. The first-order valence-electron chi connectivity index (χ1n) is 7.33. The molecule has 0 spiro atoms. The van der Waals surface area contributed by atoms with Crippen LogP contribution in [0.5, 0.6) is 11.5 Å². The molecule has 4 nitrogen and oxygen atoms in total. The standard InChI is InChI=1S/C20H14O4/c21-17-7-3-1-5-15(17)19(23)13-9-11-14(12-10-13)20(24)16-6-2-4-8-18(16)22/h1-12,21-22H. The Bertz CT molecular complexity index is 834. The Labute approximate surface area is 138 Å². The lowest BCUT2D eigenvalue weighted by atomic mass is 9.98. The molecule has 2 N–H and O–H groups in total. The number of phenols is 2. The van der Waals surface area contributed by atoms with Crippen LogP contribution in [0, 0.1) is 0 Å². The van der Waals surface area contributed by atoms with Gasteiger partial charge >= 0.3 is 0 Å². The van der Waals surface area contributed by atoms with E-state index in [-0.39, 0.29) is 34.2 Å². The Morgan fingerprint density at radius 3 is 1.21 bits per heavy atom. The first-order chi connectivity index (χ1) is 11.6. The van der Waals surface area contributed by atoms with Gasteiger partial charge in [0.1, 0.15) is 11.5 Å². The average Bonchev–Trinajstić information content (AvgIpc) is 2.61. The lowest BCUT2D eigenvalue weighted by molar-refractivity contribution is 0.102. The Hall–Kier alpha value is -3.40. The van der Waals surface area contributed by atoms with Crippen molar-refractivity contribution in [2.75, 3.05) is 0 Å². The van der Waals surface area contributed by atoms with Gasteiger partial charge in [-0.15, -0.1) is 0 Å². The van der Waals surface area contributed by atoms with Crippen LogP contribution >= 0.6 is 0 Å². The molecule has 0 aliphatic heterocycles. The Morgan fingerprint density at radius 2 is 0.875 bits per heavy atom. The predicted octanol–water partition coefficient (Wildman–Crippen LogP) is 3.56. The number of aromatic hydroxyl groups is 2. The first kappa shape index (κ1) is 15.5. The second kappa shape index (κ2) is 6.38. The van der Waals surface area contributed by atoms with Gasteiger partial charge in [0.2, 0.25) is 0 Å². The summed E-state index contributed by atoms with van der Waals surface area (Å²) in [7, 11) is 0. The molecule has 118 valence electrons. The summed E-state index contributed by atoms with van der Waals surface area (Å²) in [6.45, 7) is 0. The highest BCUT2D eigenvalue weighted by Gasteiger charge is 2.16. The molecule has 0 fully saturated rings. The minimum Gasteiger partial charge on any atom is -0.507 e. The van der Waals surface area contributed by atoms with Gasteiger partial charge in [-0.05, 0) is 24.3 Å². The summed E-state index contributed by atoms with van der Waals surface area (Å²) >= 11 is 0. The van der Waals surface area contributed by atoms with Crippen molar-refractivity contribution in [3.05, 3.63) is 95.1 Å². The van der Waals surface area contributed by atoms with Crippen LogP contribution in [0.2, 0.25) is 0 Å². The maximum Gasteiger partial charge on any atom is 0.196 e. The van der Waals surface area contributed by atoms with Crippen LogP contribution in [-0.4, -0.2) is 21.8 Å². The van der Waals surface area contributed by atoms with Gasteiger partial charge in [-0.25, -0.2) is 0 Å². The van der Waals surface area contributed by atoms with Gasteiger partial charge in [-0.3, -0.25) is 9.59 Å². The molecule has 0 aliphatic carbocycles. The molecule has 0 atom stereocenters. The van der Waals surface area contributed by atoms with E-state index >= 15 is 0 Å². The molecule has 0 radical (unpaired) electrons. The van der Waals surface area contributed by atoms with Crippen molar-refractivity contribution in [3.63, 3.8) is 0 Å². The Kier molecular flexibility index (Phi) is 4.12. The minimum atomic E-state index is -0.324. The van der Waals surface area contributed by atoms with Crippen molar-refractivity contribution in [1.82, 2.24) is 0 Å². The second-order valence-electron chi connectivity index (χ2n) is 5.27. The zero-order valence-electron chi connectivity index (χ0n) is 12.6. The number of carbonyl (C=O) groups excluding carboxylic acids is 2. The lowest BCUT2D eigenvalue weighted by Crippen LogP contribution is -2.04. The maximum absolute atomic E-state index is 12.4. The van der Waals surface area contributed by atoms with E-state index in [4.69, 9.17) is 0 Å². The fourth-order valence-electron chi connectivity index (χ4n) is 2.42. The predicted molar refractivity (Wildman–Crippen MR) is 89.5 cm³/mol. The van der Waals surface area contributed by atoms with Gasteiger partial charge in [-0.2, -0.15) is 0 Å². The van der Waals surface area contributed by atoms with Crippen LogP contribution in [0.1, 0.15) is 31.8 Å². The molecule has 0 saturated carbocycles. The summed E-state index contributed by atoms with van der Waals surface area (Å²) in [5.41, 5.74) is 1.14. The van der Waals surface area contributed by atoms with E-state index in [1.165, 1.54) is 36.4 Å². The molecule has 0 bridgehead atoms. The van der Waals surface area contributed by atoms with Crippen molar-refractivity contribution in [3.8, 4) is 11.5 Å². The fourth-order valence-corrected chi connectivity index (χ4v) is 2.42. The van der Waals surface area contributed by atoms with Crippen molar-refractivity contribution >= 4 is 11.6 Å². The van der Waals surface area contributed by atoms with E-state index in [1.807, 2.05) is 0 Å². The van der Waals surface area contributed by atoms with E-state index in [0.29, 0.717) is 11.1 Å². The van der Waals surface area contributed by atoms with E-state index in [9.17, 15) is 19.8 Å². The summed E-state index contributed by atoms with van der Waals surface area (Å²) < 4.78 is 0. The molecule has 0 heterocycles. The van der Waals surface area contributed by atoms with E-state index in [0.717, 1.165) is 0 Å². The molecule has 0 aromatic heterocycles. The normalized spacial score (nSPS) is 10.3. The molecule has 24 heavy (non-hydrogen) atoms. The third kappa shape index (κ3) is 2.90. The third-order valence-corrected chi connectivity index (χ3v) is 3.71. The second-order valence-corrected chi connectivity index (χ2v) is 5.27. The summed E-state index contributed by atoms with van der Waals surface area (Å²) in [5.74, 6) is -0.821. The fraction of sp³-hybridized carbons (Fsp3) is 0. The van der Waals surface area contributed by atoms with Crippen molar-refractivity contribution in [2.24, 2.45) is 0 Å². The zero-order chi connectivity index (χ0) is 17.1. The van der Waals surface area contributed by atoms with Crippen LogP contribution in [0.3, 0.4) is 0 Å². The van der Waals surface area contributed by atoms with E-state index in [1.54, 1.807) is 36.4 Å². The molecule has 3 aromatic rings. The van der Waals surface area contributed by atoms with Gasteiger partial charge in [0.15, 0.2) is 11.6 Å². The van der Waals surface area contributed by atoms with Crippen molar-refractivity contribution < 1.29 is 19.8 Å². The Morgan fingerprint density at radius 1 is 0.542 bits per heavy atom. The highest BCUT2D eigenvalue weighted by atomic mass is 16.3. The van der Waals surface area contributed by atoms with E-state index < -0.39 is 0 Å². The van der Waals surface area contributed by atoms with Crippen LogP contribution < -0.4 is 0 Å². The minimum absolute atomic E-state index is 0.0862. The summed E-state index contributed by atoms with van der Waals surface area (Å²) in [5, 5.41) is 19.5. The maximum atomic E-state index is 12.4. The molecular formula is C20H14O4. The molecular weight excluding hydrogens is 304 g/mol. The van der Waals surface area contributed by atoms with Gasteiger partial charge in [-0.1, -0.05) is 48.5 Å². The molecule has 0 amide bonds. The van der Waals surface area contributed by atoms with Crippen molar-refractivity contribution in [1.29, 1.82) is 0 Å². The lowest BCUT2D eigenvalue weighted by Gasteiger charge is -2.06. The van der Waals surface area contributed by atoms with Crippen LogP contribution in [0.4, 0.5) is 0 Å². The summed E-state index contributed by atoms with van der Waals surface area (Å²) in [6.07, 6.45) is 0. The molecule has 3 aromatic carbocycles. The van der Waals surface area contributed by atoms with Crippen molar-refractivity contribution in [2.45, 2.75) is 0 Å². The van der Waals surface area contributed by atoms with E-state index in [2.05, 4.69) is 0 Å². The van der Waals surface area contributed by atoms with Gasteiger partial charge < -0.3 is 10.2 Å². The topological polar surface area (TPSA) is 74.6 Å². The Balaban J connectivity index is 1.89. The largest absolute Gasteiger partial charge is 0.507 e. The number of carbonyl (C=O) groups is 2. The number of phenolic OH excluding ortho intramolecular Hbond substituents is 2. The molecule has 3 rings (SSSR count). The summed E-state index contributed by atoms with van der Waals surface area (Å²) in [6, 6.07) is 18.7. The monoisotopic (exact) mass is 318 g/mol. The number of rotatable bonds is 4. The van der Waals surface area contributed by atoms with Crippen LogP contribution in [0.25, 0.3) is 0 Å². The summed E-state index contributed by atoms with van der Waals surface area (Å²) in [4.78, 5) is 24.8. The number of benzene rings is 3. The molecule has 0 unspecified atom stereocenters. The van der Waals surface area contributed by atoms with Crippen LogP contribution in [-0.2, 0) is 0 Å². The van der Waals surface area contributed by atoms with Gasteiger partial charge in [0, 0.05) is 11.1 Å². The number of para-hydroxylation sites is 2. The third-order valence-electron chi connectivity index (χ3n) is 3.71. The zero-order valence-corrected chi connectivity index (χ0v) is 12.6. The molecule has 0 saturated heterocycles. The highest BCUT2D eigenvalue weighted by molar-refractivity contribution is 6.13. The van der Waals surface area contributed by atoms with Crippen LogP contribution in [0.15, 0.2) is 72.8 Å².